The average Bonchev–Trinajstić information content (AvgIpc) is 3.02. The fraction of sp³-hybridized carbons (Fsp3) is 0.688. The predicted octanol–water partition coefficient (Wildman–Crippen LogP) is 4.47. The molecule has 2 aliphatic carbocycles. The van der Waals surface area contributed by atoms with E-state index >= 15 is 0 Å². The van der Waals surface area contributed by atoms with Gasteiger partial charge in [0, 0.05) is 0 Å². The topological polar surface area (TPSA) is 37.3 Å². The van der Waals surface area contributed by atoms with Gasteiger partial charge in [0.25, 0.3) is 0 Å². The molecular weight excluding hydrogens is 224 g/mol. The molecule has 0 unspecified atom stereocenters. The highest BCUT2D eigenvalue weighted by Crippen LogP contribution is 2.48. The van der Waals surface area contributed by atoms with Crippen molar-refractivity contribution in [2.24, 2.45) is 5.41 Å². The number of hydrogen-bond donors (Lipinski definition) is 1. The molecule has 0 atom stereocenters. The third kappa shape index (κ3) is 2.25. The lowest BCUT2D eigenvalue weighted by atomic mass is 9.69. The summed E-state index contributed by atoms with van der Waals surface area (Å²) in [6.07, 6.45) is 13.6. The molecule has 18 heavy (non-hydrogen) atoms. The molecule has 0 saturated carbocycles. The zero-order chi connectivity index (χ0) is 13.0. The molecular formula is C16H24O2. The second-order valence-electron chi connectivity index (χ2n) is 5.56. The van der Waals surface area contributed by atoms with Gasteiger partial charge >= 0.3 is 5.97 Å². The highest BCUT2D eigenvalue weighted by molar-refractivity contribution is 5.83. The maximum Gasteiger partial charge on any atom is 0.317 e. The van der Waals surface area contributed by atoms with Crippen LogP contribution >= 0.6 is 0 Å². The molecule has 1 N–H and O–H groups in total. The monoisotopic (exact) mass is 248 g/mol. The minimum Gasteiger partial charge on any atom is -0.480 e. The zero-order valence-corrected chi connectivity index (χ0v) is 11.4. The van der Waals surface area contributed by atoms with Crippen molar-refractivity contribution in [3.63, 3.8) is 0 Å². The minimum absolute atomic E-state index is 0.614. The summed E-state index contributed by atoms with van der Waals surface area (Å²) in [6.45, 7) is 2.14. The van der Waals surface area contributed by atoms with E-state index in [0.717, 1.165) is 57.8 Å². The van der Waals surface area contributed by atoms with Gasteiger partial charge in [0.2, 0.25) is 0 Å². The molecule has 0 spiro atoms. The lowest BCUT2D eigenvalue weighted by molar-refractivity contribution is -0.145. The van der Waals surface area contributed by atoms with Crippen LogP contribution in [0.25, 0.3) is 0 Å². The van der Waals surface area contributed by atoms with Crippen LogP contribution in [0.1, 0.15) is 64.7 Å². The minimum atomic E-state index is -0.650. The number of rotatable bonds is 6. The predicted molar refractivity (Wildman–Crippen MR) is 73.5 cm³/mol. The van der Waals surface area contributed by atoms with Gasteiger partial charge < -0.3 is 5.11 Å². The number of hydrogen-bond acceptors (Lipinski definition) is 1. The first kappa shape index (κ1) is 13.4. The maximum absolute atomic E-state index is 12.0. The summed E-state index contributed by atoms with van der Waals surface area (Å²) >= 11 is 0. The van der Waals surface area contributed by atoms with Crippen LogP contribution in [0, 0.1) is 5.41 Å². The normalized spacial score (nSPS) is 19.8. The molecule has 0 aliphatic heterocycles. The molecule has 2 rings (SSSR count). The molecule has 100 valence electrons. The summed E-state index contributed by atoms with van der Waals surface area (Å²) in [5.74, 6) is -0.614. The largest absolute Gasteiger partial charge is 0.480 e. The molecule has 0 radical (unpaired) electrons. The van der Waals surface area contributed by atoms with Crippen molar-refractivity contribution < 1.29 is 9.90 Å². The third-order valence-corrected chi connectivity index (χ3v) is 4.45. The summed E-state index contributed by atoms with van der Waals surface area (Å²) < 4.78 is 0. The average molecular weight is 248 g/mol. The van der Waals surface area contributed by atoms with Gasteiger partial charge in [0.15, 0.2) is 0 Å². The Morgan fingerprint density at radius 2 is 1.78 bits per heavy atom. The number of carboxylic acid groups (broad SMARTS) is 1. The van der Waals surface area contributed by atoms with Crippen LogP contribution in [0.3, 0.4) is 0 Å². The lowest BCUT2D eigenvalue weighted by Crippen LogP contribution is -2.34. The highest BCUT2D eigenvalue weighted by atomic mass is 16.4. The molecule has 2 aliphatic rings. The summed E-state index contributed by atoms with van der Waals surface area (Å²) in [4.78, 5) is 12.0. The number of aliphatic carboxylic acids is 1. The lowest BCUT2D eigenvalue weighted by Gasteiger charge is -2.33. The molecule has 0 aromatic carbocycles. The Kier molecular flexibility index (Phi) is 4.26. The number of carbonyl (C=O) groups is 1. The Balaban J connectivity index is 2.36. The van der Waals surface area contributed by atoms with Gasteiger partial charge in [-0.3, -0.25) is 4.79 Å². The van der Waals surface area contributed by atoms with E-state index in [9.17, 15) is 9.90 Å². The maximum atomic E-state index is 12.0. The first-order valence-electron chi connectivity index (χ1n) is 7.34. The standard InChI is InChI=1S/C16H24O2/c1-2-3-12-16(15(17)18,13-8-4-5-9-13)14-10-6-7-11-14/h8,10H,2-7,9,11-12H2,1H3,(H,17,18). The van der Waals surface area contributed by atoms with Gasteiger partial charge in [-0.1, -0.05) is 43.1 Å². The van der Waals surface area contributed by atoms with Crippen molar-refractivity contribution in [1.82, 2.24) is 0 Å². The summed E-state index contributed by atoms with van der Waals surface area (Å²) in [5.41, 5.74) is 1.73. The fourth-order valence-electron chi connectivity index (χ4n) is 3.47. The zero-order valence-electron chi connectivity index (χ0n) is 11.4. The molecule has 0 fully saturated rings. The fourth-order valence-corrected chi connectivity index (χ4v) is 3.47. The van der Waals surface area contributed by atoms with Gasteiger partial charge in [0.1, 0.15) is 5.41 Å². The molecule has 2 heteroatoms. The van der Waals surface area contributed by atoms with Gasteiger partial charge in [0.05, 0.1) is 0 Å². The van der Waals surface area contributed by atoms with E-state index in [0.29, 0.717) is 0 Å². The molecule has 0 bridgehead atoms. The number of unbranched alkanes of at least 4 members (excludes halogenated alkanes) is 1. The molecule has 0 amide bonds. The van der Waals surface area contributed by atoms with E-state index in [-0.39, 0.29) is 0 Å². The van der Waals surface area contributed by atoms with E-state index in [4.69, 9.17) is 0 Å². The molecule has 0 heterocycles. The van der Waals surface area contributed by atoms with Gasteiger partial charge in [-0.05, 0) is 44.9 Å². The van der Waals surface area contributed by atoms with Crippen molar-refractivity contribution in [2.45, 2.75) is 64.7 Å². The van der Waals surface area contributed by atoms with Crippen LogP contribution in [0.4, 0.5) is 0 Å². The first-order chi connectivity index (χ1) is 8.71. The number of carboxylic acids is 1. The van der Waals surface area contributed by atoms with Crippen molar-refractivity contribution in [3.05, 3.63) is 23.3 Å². The Bertz CT molecular complexity index is 353. The van der Waals surface area contributed by atoms with Crippen LogP contribution in [0.5, 0.6) is 0 Å². The smallest absolute Gasteiger partial charge is 0.317 e. The van der Waals surface area contributed by atoms with E-state index in [1.807, 2.05) is 0 Å². The Morgan fingerprint density at radius 3 is 2.11 bits per heavy atom. The van der Waals surface area contributed by atoms with Crippen molar-refractivity contribution in [3.8, 4) is 0 Å². The van der Waals surface area contributed by atoms with Gasteiger partial charge in [-0.15, -0.1) is 0 Å². The second-order valence-corrected chi connectivity index (χ2v) is 5.56. The van der Waals surface area contributed by atoms with Crippen LogP contribution in [0.2, 0.25) is 0 Å². The van der Waals surface area contributed by atoms with Crippen molar-refractivity contribution in [2.75, 3.05) is 0 Å². The summed E-state index contributed by atoms with van der Waals surface area (Å²) in [6, 6.07) is 0. The molecule has 0 saturated heterocycles. The Morgan fingerprint density at radius 1 is 1.22 bits per heavy atom. The van der Waals surface area contributed by atoms with E-state index in [1.165, 1.54) is 11.1 Å². The number of allylic oxidation sites excluding steroid dienone is 2. The van der Waals surface area contributed by atoms with Gasteiger partial charge in [-0.2, -0.15) is 0 Å². The highest BCUT2D eigenvalue weighted by Gasteiger charge is 2.45. The van der Waals surface area contributed by atoms with E-state index in [1.54, 1.807) is 0 Å². The van der Waals surface area contributed by atoms with Gasteiger partial charge in [-0.25, -0.2) is 0 Å². The summed E-state index contributed by atoms with van der Waals surface area (Å²) in [5, 5.41) is 9.89. The van der Waals surface area contributed by atoms with E-state index < -0.39 is 11.4 Å². The first-order valence-corrected chi connectivity index (χ1v) is 7.34. The Hall–Kier alpha value is -1.05. The summed E-state index contributed by atoms with van der Waals surface area (Å²) in [7, 11) is 0. The molecule has 0 aromatic heterocycles. The van der Waals surface area contributed by atoms with Crippen molar-refractivity contribution >= 4 is 5.97 Å². The second kappa shape index (κ2) is 5.73. The van der Waals surface area contributed by atoms with E-state index in [2.05, 4.69) is 19.1 Å². The molecule has 2 nitrogen and oxygen atoms in total. The van der Waals surface area contributed by atoms with Crippen molar-refractivity contribution in [1.29, 1.82) is 0 Å². The van der Waals surface area contributed by atoms with Crippen LogP contribution in [-0.4, -0.2) is 11.1 Å². The Labute approximate surface area is 110 Å². The van der Waals surface area contributed by atoms with Crippen LogP contribution in [-0.2, 0) is 4.79 Å². The van der Waals surface area contributed by atoms with Crippen LogP contribution in [0.15, 0.2) is 23.3 Å². The third-order valence-electron chi connectivity index (χ3n) is 4.45. The SMILES string of the molecule is CCCCC(C(=O)O)(C1=CCCC1)C1=CCCC1. The molecule has 0 aromatic rings. The van der Waals surface area contributed by atoms with Crippen LogP contribution < -0.4 is 0 Å². The quantitative estimate of drug-likeness (QED) is 0.704.